The number of H-pyrrole nitrogens is 1. The monoisotopic (exact) mass is 382 g/mol. The molecular formula is C17H17F3N4O3. The highest BCUT2D eigenvalue weighted by Gasteiger charge is 2.35. The van der Waals surface area contributed by atoms with E-state index in [0.29, 0.717) is 18.5 Å². The van der Waals surface area contributed by atoms with E-state index in [0.717, 1.165) is 4.68 Å². The van der Waals surface area contributed by atoms with E-state index in [9.17, 15) is 27.6 Å². The van der Waals surface area contributed by atoms with Crippen LogP contribution >= 0.6 is 0 Å². The Morgan fingerprint density at radius 2 is 1.93 bits per heavy atom. The molecule has 7 nitrogen and oxygen atoms in total. The van der Waals surface area contributed by atoms with Gasteiger partial charge in [0.05, 0.1) is 5.69 Å². The Kier molecular flexibility index (Phi) is 5.15. The van der Waals surface area contributed by atoms with Crippen molar-refractivity contribution in [1.29, 1.82) is 0 Å². The smallest absolute Gasteiger partial charge is 0.337 e. The lowest BCUT2D eigenvalue weighted by atomic mass is 9.94. The number of rotatable bonds is 3. The zero-order valence-electron chi connectivity index (χ0n) is 14.2. The van der Waals surface area contributed by atoms with E-state index in [-0.39, 0.29) is 13.1 Å². The maximum atomic E-state index is 12.7. The first-order chi connectivity index (χ1) is 12.7. The number of para-hydroxylation sites is 1. The van der Waals surface area contributed by atoms with Crippen LogP contribution in [-0.2, 0) is 0 Å². The van der Waals surface area contributed by atoms with Gasteiger partial charge < -0.3 is 4.90 Å². The summed E-state index contributed by atoms with van der Waals surface area (Å²) >= 11 is 0. The second kappa shape index (κ2) is 7.37. The predicted octanol–water partition coefficient (Wildman–Crippen LogP) is 1.73. The second-order valence-electron chi connectivity index (χ2n) is 6.43. The average Bonchev–Trinajstić information content (AvgIpc) is 2.61. The minimum absolute atomic E-state index is 0.107. The zero-order valence-corrected chi connectivity index (χ0v) is 14.2. The van der Waals surface area contributed by atoms with Gasteiger partial charge in [-0.15, -0.1) is 0 Å². The Labute approximate surface area is 151 Å². The molecule has 1 saturated heterocycles. The van der Waals surface area contributed by atoms with Crippen molar-refractivity contribution in [3.8, 4) is 5.69 Å². The molecule has 1 aliphatic rings. The summed E-state index contributed by atoms with van der Waals surface area (Å²) in [6.07, 6.45) is -4.53. The van der Waals surface area contributed by atoms with E-state index in [4.69, 9.17) is 0 Å². The number of carbonyl (C=O) groups is 1. The molecule has 10 heteroatoms. The van der Waals surface area contributed by atoms with Gasteiger partial charge in [0.1, 0.15) is 0 Å². The van der Waals surface area contributed by atoms with Gasteiger partial charge in [-0.25, -0.2) is 4.79 Å². The van der Waals surface area contributed by atoms with E-state index in [1.807, 2.05) is 4.98 Å². The van der Waals surface area contributed by atoms with E-state index < -0.39 is 41.4 Å². The van der Waals surface area contributed by atoms with Crippen molar-refractivity contribution in [3.63, 3.8) is 0 Å². The van der Waals surface area contributed by atoms with Gasteiger partial charge in [-0.1, -0.05) is 18.2 Å². The number of hydrogen-bond acceptors (Lipinski definition) is 4. The van der Waals surface area contributed by atoms with Crippen LogP contribution in [0.2, 0.25) is 0 Å². The number of aromatic amines is 1. The molecular weight excluding hydrogens is 365 g/mol. The number of nitrogens with one attached hydrogen (secondary N) is 1. The molecule has 1 amide bonds. The molecule has 0 radical (unpaired) electrons. The SMILES string of the molecule is O=C(c1nn(-c2ccccc2)c(=O)[nH]c1=O)N1CCCC(CC(F)(F)F)C1. The largest absolute Gasteiger partial charge is 0.389 e. The molecule has 1 atom stereocenters. The Hall–Kier alpha value is -2.91. The van der Waals surface area contributed by atoms with Gasteiger partial charge in [0, 0.05) is 19.5 Å². The molecule has 2 heterocycles. The number of hydrogen-bond donors (Lipinski definition) is 1. The first-order valence-electron chi connectivity index (χ1n) is 8.40. The Bertz CT molecular complexity index is 937. The van der Waals surface area contributed by atoms with Gasteiger partial charge in [-0.05, 0) is 30.9 Å². The van der Waals surface area contributed by atoms with Crippen molar-refractivity contribution in [3.05, 3.63) is 56.9 Å². The van der Waals surface area contributed by atoms with Gasteiger partial charge in [0.2, 0.25) is 5.69 Å². The third-order valence-corrected chi connectivity index (χ3v) is 4.36. The predicted molar refractivity (Wildman–Crippen MR) is 89.8 cm³/mol. The number of amides is 1. The van der Waals surface area contributed by atoms with Crippen molar-refractivity contribution < 1.29 is 18.0 Å². The van der Waals surface area contributed by atoms with Gasteiger partial charge in [-0.3, -0.25) is 14.6 Å². The van der Waals surface area contributed by atoms with Crippen LogP contribution in [-0.4, -0.2) is 44.8 Å². The average molecular weight is 382 g/mol. The van der Waals surface area contributed by atoms with E-state index in [2.05, 4.69) is 5.10 Å². The molecule has 3 rings (SSSR count). The Morgan fingerprint density at radius 3 is 2.59 bits per heavy atom. The van der Waals surface area contributed by atoms with Crippen LogP contribution in [0.4, 0.5) is 13.2 Å². The minimum Gasteiger partial charge on any atom is -0.337 e. The lowest BCUT2D eigenvalue weighted by Gasteiger charge is -2.32. The van der Waals surface area contributed by atoms with Gasteiger partial charge in [-0.2, -0.15) is 23.0 Å². The number of benzene rings is 1. The Morgan fingerprint density at radius 1 is 1.22 bits per heavy atom. The van der Waals surface area contributed by atoms with Gasteiger partial charge >= 0.3 is 11.9 Å². The zero-order chi connectivity index (χ0) is 19.6. The highest BCUT2D eigenvalue weighted by atomic mass is 19.4. The molecule has 1 aromatic carbocycles. The van der Waals surface area contributed by atoms with E-state index in [1.165, 1.54) is 4.90 Å². The number of nitrogens with zero attached hydrogens (tertiary/aromatic N) is 3. The summed E-state index contributed by atoms with van der Waals surface area (Å²) in [6.45, 7) is 0.128. The first kappa shape index (κ1) is 18.9. The van der Waals surface area contributed by atoms with Gasteiger partial charge in [0.25, 0.3) is 11.5 Å². The number of likely N-dealkylation sites (tertiary alicyclic amines) is 1. The lowest BCUT2D eigenvalue weighted by molar-refractivity contribution is -0.147. The molecule has 0 saturated carbocycles. The summed E-state index contributed by atoms with van der Waals surface area (Å²) in [5.41, 5.74) is -1.95. The topological polar surface area (TPSA) is 88.1 Å². The summed E-state index contributed by atoms with van der Waals surface area (Å²) in [6, 6.07) is 8.17. The maximum absolute atomic E-state index is 12.7. The van der Waals surface area contributed by atoms with Crippen LogP contribution in [0.3, 0.4) is 0 Å². The van der Waals surface area contributed by atoms with Crippen LogP contribution in [0.15, 0.2) is 39.9 Å². The summed E-state index contributed by atoms with van der Waals surface area (Å²) < 4.78 is 38.8. The minimum atomic E-state index is -4.31. The molecule has 27 heavy (non-hydrogen) atoms. The fourth-order valence-electron chi connectivity index (χ4n) is 3.18. The highest BCUT2D eigenvalue weighted by molar-refractivity contribution is 5.91. The summed E-state index contributed by atoms with van der Waals surface area (Å²) in [5.74, 6) is -1.50. The summed E-state index contributed by atoms with van der Waals surface area (Å²) in [5, 5.41) is 3.86. The number of piperidine rings is 1. The number of aromatic nitrogens is 3. The van der Waals surface area contributed by atoms with Crippen LogP contribution < -0.4 is 11.2 Å². The fraction of sp³-hybridized carbons (Fsp3) is 0.412. The molecule has 0 spiro atoms. The number of alkyl halides is 3. The molecule has 1 aliphatic heterocycles. The van der Waals surface area contributed by atoms with Crippen molar-refractivity contribution in [2.45, 2.75) is 25.4 Å². The van der Waals surface area contributed by atoms with Crippen LogP contribution in [0, 0.1) is 5.92 Å². The van der Waals surface area contributed by atoms with Crippen molar-refractivity contribution >= 4 is 5.91 Å². The highest BCUT2D eigenvalue weighted by Crippen LogP contribution is 2.30. The third-order valence-electron chi connectivity index (χ3n) is 4.36. The quantitative estimate of drug-likeness (QED) is 0.876. The number of halogens is 3. The third kappa shape index (κ3) is 4.44. The molecule has 144 valence electrons. The van der Waals surface area contributed by atoms with Crippen LogP contribution in [0.5, 0.6) is 0 Å². The Balaban J connectivity index is 1.88. The normalized spacial score (nSPS) is 17.7. The van der Waals surface area contributed by atoms with Crippen molar-refractivity contribution in [1.82, 2.24) is 19.7 Å². The maximum Gasteiger partial charge on any atom is 0.389 e. The molecule has 0 bridgehead atoms. The van der Waals surface area contributed by atoms with E-state index >= 15 is 0 Å². The van der Waals surface area contributed by atoms with Crippen LogP contribution in [0.25, 0.3) is 5.69 Å². The molecule has 1 fully saturated rings. The van der Waals surface area contributed by atoms with Gasteiger partial charge in [0.15, 0.2) is 0 Å². The fourth-order valence-corrected chi connectivity index (χ4v) is 3.18. The van der Waals surface area contributed by atoms with Crippen molar-refractivity contribution in [2.75, 3.05) is 13.1 Å². The lowest BCUT2D eigenvalue weighted by Crippen LogP contribution is -2.45. The standard InChI is InChI=1S/C17H17F3N4O3/c18-17(19,20)9-11-5-4-8-23(10-11)15(26)13-14(25)21-16(27)24(22-13)12-6-2-1-3-7-12/h1-3,6-7,11H,4-5,8-10H2,(H,21,25,27). The van der Waals surface area contributed by atoms with Crippen molar-refractivity contribution in [2.24, 2.45) is 5.92 Å². The first-order valence-corrected chi connectivity index (χ1v) is 8.40. The second-order valence-corrected chi connectivity index (χ2v) is 6.43. The molecule has 1 aromatic heterocycles. The molecule has 1 unspecified atom stereocenters. The molecule has 2 aromatic rings. The number of carbonyl (C=O) groups excluding carboxylic acids is 1. The van der Waals surface area contributed by atoms with Crippen LogP contribution in [0.1, 0.15) is 29.8 Å². The summed E-state index contributed by atoms with van der Waals surface area (Å²) in [7, 11) is 0. The molecule has 0 aliphatic carbocycles. The molecule has 1 N–H and O–H groups in total. The van der Waals surface area contributed by atoms with E-state index in [1.54, 1.807) is 30.3 Å². The summed E-state index contributed by atoms with van der Waals surface area (Å²) in [4.78, 5) is 40.0.